The van der Waals surface area contributed by atoms with Gasteiger partial charge in [0.1, 0.15) is 11.8 Å². The summed E-state index contributed by atoms with van der Waals surface area (Å²) in [5.74, 6) is 0.515. The highest BCUT2D eigenvalue weighted by Gasteiger charge is 2.36. The van der Waals surface area contributed by atoms with Crippen molar-refractivity contribution in [2.75, 3.05) is 12.0 Å². The molecule has 1 aliphatic heterocycles. The van der Waals surface area contributed by atoms with E-state index in [0.29, 0.717) is 5.69 Å². The maximum atomic E-state index is 12.0. The van der Waals surface area contributed by atoms with Crippen LogP contribution in [0.5, 0.6) is 5.75 Å². The van der Waals surface area contributed by atoms with Crippen molar-refractivity contribution in [2.24, 2.45) is 0 Å². The number of methoxy groups -OCH3 is 1. The first-order chi connectivity index (χ1) is 9.25. The summed E-state index contributed by atoms with van der Waals surface area (Å²) >= 11 is 0. The van der Waals surface area contributed by atoms with Crippen LogP contribution in [0, 0.1) is 0 Å². The number of amides is 3. The summed E-state index contributed by atoms with van der Waals surface area (Å²) in [6.45, 7) is 7.85. The van der Waals surface area contributed by atoms with Crippen LogP contribution in [0.2, 0.25) is 0 Å². The summed E-state index contributed by atoms with van der Waals surface area (Å²) < 4.78 is 5.36. The zero-order valence-corrected chi connectivity index (χ0v) is 12.5. The van der Waals surface area contributed by atoms with Crippen LogP contribution in [-0.2, 0) is 10.2 Å². The van der Waals surface area contributed by atoms with Crippen LogP contribution in [0.1, 0.15) is 33.3 Å². The molecule has 1 saturated heterocycles. The number of hydrogen-bond donors (Lipinski definition) is 1. The van der Waals surface area contributed by atoms with E-state index in [0.717, 1.165) is 11.3 Å². The monoisotopic (exact) mass is 276 g/mol. The Morgan fingerprint density at radius 1 is 1.25 bits per heavy atom. The molecule has 1 unspecified atom stereocenters. The van der Waals surface area contributed by atoms with E-state index in [2.05, 4.69) is 26.1 Å². The number of nitrogens with one attached hydrogen (secondary N) is 1. The molecule has 1 atom stereocenters. The second-order valence-corrected chi connectivity index (χ2v) is 5.98. The molecule has 1 aromatic rings. The van der Waals surface area contributed by atoms with Crippen molar-refractivity contribution in [3.05, 3.63) is 23.8 Å². The van der Waals surface area contributed by atoms with E-state index in [1.165, 1.54) is 4.90 Å². The molecular formula is C15H20N2O3. The lowest BCUT2D eigenvalue weighted by molar-refractivity contribution is -0.117. The van der Waals surface area contributed by atoms with Crippen molar-refractivity contribution in [1.29, 1.82) is 0 Å². The second kappa shape index (κ2) is 4.81. The molecule has 5 nitrogen and oxygen atoms in total. The number of carbonyl (C=O) groups excluding carboxylic acids is 2. The van der Waals surface area contributed by atoms with Gasteiger partial charge < -0.3 is 10.1 Å². The van der Waals surface area contributed by atoms with E-state index in [4.69, 9.17) is 4.74 Å². The van der Waals surface area contributed by atoms with Gasteiger partial charge in [0.25, 0.3) is 5.91 Å². The first-order valence-corrected chi connectivity index (χ1v) is 6.58. The molecule has 0 spiro atoms. The Kier molecular flexibility index (Phi) is 3.46. The summed E-state index contributed by atoms with van der Waals surface area (Å²) in [7, 11) is 1.61. The third kappa shape index (κ3) is 2.35. The standard InChI is InChI=1S/C15H20N2O3/c1-9-13(18)17(14(19)16-9)10-6-7-12(20-5)11(8-10)15(2,3)4/h6-9H,1-5H3,(H,16,19). The molecule has 1 N–H and O–H groups in total. The van der Waals surface area contributed by atoms with E-state index >= 15 is 0 Å². The highest BCUT2D eigenvalue weighted by molar-refractivity contribution is 6.21. The highest BCUT2D eigenvalue weighted by Crippen LogP contribution is 2.35. The van der Waals surface area contributed by atoms with Gasteiger partial charge in [0, 0.05) is 5.56 Å². The Morgan fingerprint density at radius 3 is 2.35 bits per heavy atom. The summed E-state index contributed by atoms with van der Waals surface area (Å²) in [6.07, 6.45) is 0. The predicted octanol–water partition coefficient (Wildman–Crippen LogP) is 2.44. The van der Waals surface area contributed by atoms with Crippen molar-refractivity contribution in [3.63, 3.8) is 0 Å². The van der Waals surface area contributed by atoms with Gasteiger partial charge in [-0.25, -0.2) is 9.69 Å². The molecular weight excluding hydrogens is 256 g/mol. The van der Waals surface area contributed by atoms with E-state index in [1.54, 1.807) is 26.2 Å². The van der Waals surface area contributed by atoms with E-state index in [1.807, 2.05) is 6.07 Å². The Bertz CT molecular complexity index is 561. The van der Waals surface area contributed by atoms with Gasteiger partial charge in [-0.05, 0) is 30.5 Å². The lowest BCUT2D eigenvalue weighted by Crippen LogP contribution is -2.31. The summed E-state index contributed by atoms with van der Waals surface area (Å²) in [5.41, 5.74) is 1.38. The molecule has 0 aromatic heterocycles. The normalized spacial score (nSPS) is 19.2. The Balaban J connectivity index is 2.49. The van der Waals surface area contributed by atoms with E-state index in [9.17, 15) is 9.59 Å². The van der Waals surface area contributed by atoms with E-state index < -0.39 is 6.04 Å². The fraction of sp³-hybridized carbons (Fsp3) is 0.467. The topological polar surface area (TPSA) is 58.6 Å². The van der Waals surface area contributed by atoms with Crippen molar-refractivity contribution in [1.82, 2.24) is 5.32 Å². The average Bonchev–Trinajstić information content (AvgIpc) is 2.61. The fourth-order valence-corrected chi connectivity index (χ4v) is 2.27. The van der Waals surface area contributed by atoms with Gasteiger partial charge in [0.05, 0.1) is 12.8 Å². The Hall–Kier alpha value is -2.04. The van der Waals surface area contributed by atoms with Gasteiger partial charge in [-0.2, -0.15) is 0 Å². The maximum Gasteiger partial charge on any atom is 0.329 e. The zero-order chi connectivity index (χ0) is 15.1. The lowest BCUT2D eigenvalue weighted by atomic mass is 9.86. The molecule has 3 amide bonds. The molecule has 0 saturated carbocycles. The minimum atomic E-state index is -0.484. The summed E-state index contributed by atoms with van der Waals surface area (Å²) in [5, 5.41) is 2.61. The van der Waals surface area contributed by atoms with Crippen molar-refractivity contribution in [3.8, 4) is 5.75 Å². The molecule has 108 valence electrons. The maximum absolute atomic E-state index is 12.0. The predicted molar refractivity (Wildman–Crippen MR) is 77.2 cm³/mol. The SMILES string of the molecule is COc1ccc(N2C(=O)NC(C)C2=O)cc1C(C)(C)C. The van der Waals surface area contributed by atoms with Crippen LogP contribution < -0.4 is 15.0 Å². The largest absolute Gasteiger partial charge is 0.496 e. The van der Waals surface area contributed by atoms with E-state index in [-0.39, 0.29) is 17.4 Å². The minimum Gasteiger partial charge on any atom is -0.496 e. The zero-order valence-electron chi connectivity index (χ0n) is 12.5. The van der Waals surface area contributed by atoms with Crippen molar-refractivity contribution < 1.29 is 14.3 Å². The second-order valence-electron chi connectivity index (χ2n) is 5.98. The minimum absolute atomic E-state index is 0.147. The van der Waals surface area contributed by atoms with Gasteiger partial charge in [-0.1, -0.05) is 20.8 Å². The molecule has 0 bridgehead atoms. The van der Waals surface area contributed by atoms with Gasteiger partial charge in [-0.15, -0.1) is 0 Å². The number of imide groups is 1. The molecule has 1 aliphatic rings. The first kappa shape index (κ1) is 14.4. The number of anilines is 1. The van der Waals surface area contributed by atoms with Crippen LogP contribution in [0.4, 0.5) is 10.5 Å². The summed E-state index contributed by atoms with van der Waals surface area (Å²) in [6, 6.07) is 4.49. The Labute approximate surface area is 118 Å². The number of rotatable bonds is 2. The smallest absolute Gasteiger partial charge is 0.329 e. The van der Waals surface area contributed by atoms with Crippen LogP contribution in [0.3, 0.4) is 0 Å². The number of hydrogen-bond acceptors (Lipinski definition) is 3. The lowest BCUT2D eigenvalue weighted by Gasteiger charge is -2.24. The van der Waals surface area contributed by atoms with Crippen molar-refractivity contribution in [2.45, 2.75) is 39.2 Å². The van der Waals surface area contributed by atoms with Gasteiger partial charge in [-0.3, -0.25) is 4.79 Å². The van der Waals surface area contributed by atoms with Crippen LogP contribution in [-0.4, -0.2) is 25.1 Å². The molecule has 5 heteroatoms. The van der Waals surface area contributed by atoms with Crippen LogP contribution in [0.25, 0.3) is 0 Å². The molecule has 20 heavy (non-hydrogen) atoms. The van der Waals surface area contributed by atoms with Gasteiger partial charge in [0.2, 0.25) is 0 Å². The summed E-state index contributed by atoms with van der Waals surface area (Å²) in [4.78, 5) is 25.1. The fourth-order valence-electron chi connectivity index (χ4n) is 2.27. The Morgan fingerprint density at radius 2 is 1.90 bits per heavy atom. The molecule has 0 aliphatic carbocycles. The quantitative estimate of drug-likeness (QED) is 0.844. The molecule has 0 radical (unpaired) electrons. The van der Waals surface area contributed by atoms with Crippen LogP contribution in [0.15, 0.2) is 18.2 Å². The third-order valence-corrected chi connectivity index (χ3v) is 3.38. The molecule has 1 fully saturated rings. The number of carbonyl (C=O) groups is 2. The molecule has 1 aromatic carbocycles. The van der Waals surface area contributed by atoms with Gasteiger partial charge >= 0.3 is 6.03 Å². The number of ether oxygens (including phenoxy) is 1. The number of urea groups is 1. The van der Waals surface area contributed by atoms with Crippen LogP contribution >= 0.6 is 0 Å². The first-order valence-electron chi connectivity index (χ1n) is 6.58. The molecule has 1 heterocycles. The number of benzene rings is 1. The van der Waals surface area contributed by atoms with Gasteiger partial charge in [0.15, 0.2) is 0 Å². The average molecular weight is 276 g/mol. The van der Waals surface area contributed by atoms with Crippen molar-refractivity contribution >= 4 is 17.6 Å². The number of nitrogens with zero attached hydrogens (tertiary/aromatic N) is 1. The third-order valence-electron chi connectivity index (χ3n) is 3.38. The highest BCUT2D eigenvalue weighted by atomic mass is 16.5. The molecule has 2 rings (SSSR count).